The van der Waals surface area contributed by atoms with Crippen molar-refractivity contribution >= 4 is 23.5 Å². The molecule has 4 nitrogen and oxygen atoms in total. The maximum Gasteiger partial charge on any atom is 0.314 e. The first-order chi connectivity index (χ1) is 12.9. The molecule has 0 bridgehead atoms. The average molecular weight is 392 g/mol. The standard InChI is InChI=1S/C21H23ClFNO3/c1-14(2)20(16-5-7-17(22)8-6-16)21(26)27-13-19(25)24-12-11-15-3-9-18(23)10-4-15/h3-10,14,20H,11-13H2,1-2H3,(H,24,25)/t20-/m1/s1. The van der Waals surface area contributed by atoms with Gasteiger partial charge in [0.15, 0.2) is 6.61 Å². The Hall–Kier alpha value is -2.40. The molecule has 27 heavy (non-hydrogen) atoms. The molecule has 2 rings (SSSR count). The third-order valence-electron chi connectivity index (χ3n) is 4.14. The fourth-order valence-electron chi connectivity index (χ4n) is 2.74. The Morgan fingerprint density at radius 3 is 2.30 bits per heavy atom. The highest BCUT2D eigenvalue weighted by Crippen LogP contribution is 2.27. The Labute approximate surface area is 163 Å². The van der Waals surface area contributed by atoms with Gasteiger partial charge in [-0.2, -0.15) is 0 Å². The van der Waals surface area contributed by atoms with Crippen LogP contribution in [0.5, 0.6) is 0 Å². The number of benzene rings is 2. The van der Waals surface area contributed by atoms with Crippen LogP contribution < -0.4 is 5.32 Å². The molecule has 6 heteroatoms. The summed E-state index contributed by atoms with van der Waals surface area (Å²) in [5.41, 5.74) is 1.72. The van der Waals surface area contributed by atoms with Gasteiger partial charge in [-0.3, -0.25) is 9.59 Å². The van der Waals surface area contributed by atoms with E-state index in [1.54, 1.807) is 36.4 Å². The highest BCUT2D eigenvalue weighted by atomic mass is 35.5. The van der Waals surface area contributed by atoms with E-state index in [1.165, 1.54) is 12.1 Å². The smallest absolute Gasteiger partial charge is 0.314 e. The maximum absolute atomic E-state index is 12.9. The molecule has 0 aliphatic carbocycles. The molecule has 0 aromatic heterocycles. The summed E-state index contributed by atoms with van der Waals surface area (Å²) < 4.78 is 18.0. The second kappa shape index (κ2) is 10.1. The highest BCUT2D eigenvalue weighted by Gasteiger charge is 2.26. The van der Waals surface area contributed by atoms with Gasteiger partial charge in [-0.05, 0) is 47.7 Å². The van der Waals surface area contributed by atoms with E-state index in [9.17, 15) is 14.0 Å². The van der Waals surface area contributed by atoms with Crippen molar-refractivity contribution in [1.29, 1.82) is 0 Å². The zero-order valence-corrected chi connectivity index (χ0v) is 16.1. The average Bonchev–Trinajstić information content (AvgIpc) is 2.63. The third kappa shape index (κ3) is 6.68. The molecule has 0 aliphatic rings. The van der Waals surface area contributed by atoms with E-state index in [4.69, 9.17) is 16.3 Å². The van der Waals surface area contributed by atoms with Crippen molar-refractivity contribution in [2.24, 2.45) is 5.92 Å². The molecular weight excluding hydrogens is 369 g/mol. The van der Waals surface area contributed by atoms with Crippen molar-refractivity contribution in [2.45, 2.75) is 26.2 Å². The van der Waals surface area contributed by atoms with E-state index in [-0.39, 0.29) is 24.2 Å². The number of hydrogen-bond donors (Lipinski definition) is 1. The molecule has 2 aromatic carbocycles. The summed E-state index contributed by atoms with van der Waals surface area (Å²) in [5, 5.41) is 3.28. The molecule has 1 amide bonds. The summed E-state index contributed by atoms with van der Waals surface area (Å²) in [5.74, 6) is -1.56. The lowest BCUT2D eigenvalue weighted by atomic mass is 9.88. The van der Waals surface area contributed by atoms with Gasteiger partial charge in [0.2, 0.25) is 0 Å². The van der Waals surface area contributed by atoms with Crippen LogP contribution in [0.2, 0.25) is 5.02 Å². The van der Waals surface area contributed by atoms with Crippen molar-refractivity contribution in [3.05, 3.63) is 70.5 Å². The van der Waals surface area contributed by atoms with Gasteiger partial charge >= 0.3 is 5.97 Å². The van der Waals surface area contributed by atoms with Gasteiger partial charge in [-0.1, -0.05) is 49.7 Å². The second-order valence-electron chi connectivity index (χ2n) is 6.61. The molecular formula is C21H23ClFNO3. The summed E-state index contributed by atoms with van der Waals surface area (Å²) in [6.45, 7) is 3.89. The van der Waals surface area contributed by atoms with Crippen LogP contribution >= 0.6 is 11.6 Å². The van der Waals surface area contributed by atoms with Gasteiger partial charge in [0.25, 0.3) is 5.91 Å². The largest absolute Gasteiger partial charge is 0.455 e. The molecule has 144 valence electrons. The second-order valence-corrected chi connectivity index (χ2v) is 7.04. The molecule has 0 saturated heterocycles. The molecule has 2 aromatic rings. The van der Waals surface area contributed by atoms with E-state index in [0.29, 0.717) is 18.0 Å². The van der Waals surface area contributed by atoms with Gasteiger partial charge in [0, 0.05) is 11.6 Å². The minimum atomic E-state index is -0.464. The van der Waals surface area contributed by atoms with Crippen LogP contribution in [-0.2, 0) is 20.7 Å². The third-order valence-corrected chi connectivity index (χ3v) is 4.40. The molecule has 1 atom stereocenters. The van der Waals surface area contributed by atoms with E-state index in [0.717, 1.165) is 11.1 Å². The topological polar surface area (TPSA) is 55.4 Å². The number of amides is 1. The predicted molar refractivity (Wildman–Crippen MR) is 103 cm³/mol. The summed E-state index contributed by atoms with van der Waals surface area (Å²) in [6, 6.07) is 13.1. The Balaban J connectivity index is 1.80. The Bertz CT molecular complexity index is 760. The van der Waals surface area contributed by atoms with Crippen LogP contribution in [0.25, 0.3) is 0 Å². The van der Waals surface area contributed by atoms with Crippen LogP contribution in [-0.4, -0.2) is 25.0 Å². The summed E-state index contributed by atoms with van der Waals surface area (Å²) in [6.07, 6.45) is 0.569. The lowest BCUT2D eigenvalue weighted by Crippen LogP contribution is -2.32. The minimum absolute atomic E-state index is 0.0141. The first kappa shape index (κ1) is 20.9. The van der Waals surface area contributed by atoms with Crippen molar-refractivity contribution in [3.63, 3.8) is 0 Å². The fraction of sp³-hybridized carbons (Fsp3) is 0.333. The Kier molecular flexibility index (Phi) is 7.80. The normalized spacial score (nSPS) is 11.9. The van der Waals surface area contributed by atoms with E-state index < -0.39 is 11.9 Å². The molecule has 0 saturated carbocycles. The molecule has 0 spiro atoms. The van der Waals surface area contributed by atoms with Gasteiger partial charge in [-0.15, -0.1) is 0 Å². The summed E-state index contributed by atoms with van der Waals surface area (Å²) in [7, 11) is 0. The Morgan fingerprint density at radius 1 is 1.07 bits per heavy atom. The van der Waals surface area contributed by atoms with Gasteiger partial charge in [0.05, 0.1) is 5.92 Å². The van der Waals surface area contributed by atoms with Crippen molar-refractivity contribution in [1.82, 2.24) is 5.32 Å². The molecule has 0 aliphatic heterocycles. The van der Waals surface area contributed by atoms with Crippen LogP contribution in [0, 0.1) is 11.7 Å². The van der Waals surface area contributed by atoms with Crippen molar-refractivity contribution in [3.8, 4) is 0 Å². The number of esters is 1. The lowest BCUT2D eigenvalue weighted by molar-refractivity contribution is -0.151. The molecule has 1 N–H and O–H groups in total. The number of ether oxygens (including phenoxy) is 1. The number of nitrogens with one attached hydrogen (secondary N) is 1. The number of carbonyl (C=O) groups excluding carboxylic acids is 2. The zero-order valence-electron chi connectivity index (χ0n) is 15.4. The van der Waals surface area contributed by atoms with Gasteiger partial charge in [0.1, 0.15) is 5.82 Å². The molecule has 0 heterocycles. The number of hydrogen-bond acceptors (Lipinski definition) is 3. The first-order valence-corrected chi connectivity index (χ1v) is 9.18. The summed E-state index contributed by atoms with van der Waals surface area (Å²) in [4.78, 5) is 24.3. The zero-order chi connectivity index (χ0) is 19.8. The fourth-order valence-corrected chi connectivity index (χ4v) is 2.86. The van der Waals surface area contributed by atoms with Crippen LogP contribution in [0.15, 0.2) is 48.5 Å². The highest BCUT2D eigenvalue weighted by molar-refractivity contribution is 6.30. The molecule has 0 fully saturated rings. The number of halogens is 2. The first-order valence-electron chi connectivity index (χ1n) is 8.80. The SMILES string of the molecule is CC(C)[C@@H](C(=O)OCC(=O)NCCc1ccc(F)cc1)c1ccc(Cl)cc1. The number of carbonyl (C=O) groups is 2. The van der Waals surface area contributed by atoms with Crippen LogP contribution in [0.4, 0.5) is 4.39 Å². The van der Waals surface area contributed by atoms with E-state index in [2.05, 4.69) is 5.32 Å². The molecule has 0 radical (unpaired) electrons. The maximum atomic E-state index is 12.9. The van der Waals surface area contributed by atoms with Crippen LogP contribution in [0.1, 0.15) is 30.9 Å². The van der Waals surface area contributed by atoms with Gasteiger partial charge in [-0.25, -0.2) is 4.39 Å². The van der Waals surface area contributed by atoms with Gasteiger partial charge < -0.3 is 10.1 Å². The number of rotatable bonds is 8. The molecule has 0 unspecified atom stereocenters. The van der Waals surface area contributed by atoms with E-state index in [1.807, 2.05) is 13.8 Å². The van der Waals surface area contributed by atoms with Crippen LogP contribution in [0.3, 0.4) is 0 Å². The quantitative estimate of drug-likeness (QED) is 0.688. The summed E-state index contributed by atoms with van der Waals surface area (Å²) >= 11 is 5.89. The van der Waals surface area contributed by atoms with Crippen molar-refractivity contribution < 1.29 is 18.7 Å². The lowest BCUT2D eigenvalue weighted by Gasteiger charge is -2.19. The monoisotopic (exact) mass is 391 g/mol. The van der Waals surface area contributed by atoms with Crippen molar-refractivity contribution in [2.75, 3.05) is 13.2 Å². The Morgan fingerprint density at radius 2 is 1.70 bits per heavy atom. The van der Waals surface area contributed by atoms with E-state index >= 15 is 0 Å². The minimum Gasteiger partial charge on any atom is -0.455 e. The predicted octanol–water partition coefficient (Wildman–Crippen LogP) is 4.12.